The summed E-state index contributed by atoms with van der Waals surface area (Å²) in [5.41, 5.74) is 2.28. The van der Waals surface area contributed by atoms with E-state index < -0.39 is 0 Å². The smallest absolute Gasteiger partial charge is 0.134 e. The minimum absolute atomic E-state index is 0.000727. The molecule has 4 rings (SSSR count). The second-order valence-electron chi connectivity index (χ2n) is 8.45. The lowest BCUT2D eigenvalue weighted by molar-refractivity contribution is -0.174. The van der Waals surface area contributed by atoms with Gasteiger partial charge in [-0.05, 0) is 35.1 Å². The third-order valence-corrected chi connectivity index (χ3v) is 7.34. The molecule has 0 bridgehead atoms. The van der Waals surface area contributed by atoms with Crippen LogP contribution in [-0.4, -0.2) is 24.3 Å². The highest BCUT2D eigenvalue weighted by Crippen LogP contribution is 2.40. The first-order valence-electron chi connectivity index (χ1n) is 11.3. The van der Waals surface area contributed by atoms with Gasteiger partial charge in [0.2, 0.25) is 0 Å². The fourth-order valence-electron chi connectivity index (χ4n) is 4.04. The van der Waals surface area contributed by atoms with E-state index in [2.05, 4.69) is 74.5 Å². The molecule has 1 aliphatic heterocycles. The third-order valence-electron chi connectivity index (χ3n) is 6.19. The zero-order valence-electron chi connectivity index (χ0n) is 18.8. The zero-order chi connectivity index (χ0) is 22.2. The van der Waals surface area contributed by atoms with Gasteiger partial charge in [0.25, 0.3) is 0 Å². The molecule has 0 aromatic heterocycles. The maximum absolute atomic E-state index is 6.63. The number of rotatable bonds is 9. The van der Waals surface area contributed by atoms with Crippen molar-refractivity contribution in [3.63, 3.8) is 0 Å². The van der Waals surface area contributed by atoms with Crippen molar-refractivity contribution in [2.24, 2.45) is 11.8 Å². The van der Waals surface area contributed by atoms with E-state index in [4.69, 9.17) is 14.2 Å². The first-order chi connectivity index (χ1) is 15.7. The van der Waals surface area contributed by atoms with Crippen LogP contribution in [0.5, 0.6) is 0 Å². The molecule has 1 fully saturated rings. The van der Waals surface area contributed by atoms with Crippen molar-refractivity contribution in [3.05, 3.63) is 102 Å². The Kier molecular flexibility index (Phi) is 8.41. The number of thioether (sulfide) groups is 1. The van der Waals surface area contributed by atoms with Gasteiger partial charge in [-0.15, -0.1) is 0 Å². The van der Waals surface area contributed by atoms with E-state index in [0.29, 0.717) is 31.7 Å². The number of ether oxygens (including phenoxy) is 3. The minimum Gasteiger partial charge on any atom is -0.374 e. The van der Waals surface area contributed by atoms with Crippen LogP contribution >= 0.6 is 11.8 Å². The zero-order valence-corrected chi connectivity index (χ0v) is 19.6. The summed E-state index contributed by atoms with van der Waals surface area (Å²) in [5, 5.41) is 0. The van der Waals surface area contributed by atoms with Gasteiger partial charge in [-0.1, -0.05) is 104 Å². The first kappa shape index (κ1) is 23.1. The van der Waals surface area contributed by atoms with Crippen LogP contribution in [0.15, 0.2) is 95.9 Å². The summed E-state index contributed by atoms with van der Waals surface area (Å²) in [7, 11) is 0. The van der Waals surface area contributed by atoms with Crippen molar-refractivity contribution in [2.45, 2.75) is 49.6 Å². The van der Waals surface area contributed by atoms with Gasteiger partial charge >= 0.3 is 0 Å². The van der Waals surface area contributed by atoms with Gasteiger partial charge in [0.15, 0.2) is 0 Å². The number of benzene rings is 3. The van der Waals surface area contributed by atoms with E-state index in [1.807, 2.05) is 30.3 Å². The maximum atomic E-state index is 6.63. The molecule has 3 aromatic carbocycles. The van der Waals surface area contributed by atoms with E-state index in [0.717, 1.165) is 0 Å². The normalized spacial score (nSPS) is 25.5. The predicted molar refractivity (Wildman–Crippen MR) is 130 cm³/mol. The lowest BCUT2D eigenvalue weighted by Crippen LogP contribution is -2.50. The highest BCUT2D eigenvalue weighted by Gasteiger charge is 2.42. The van der Waals surface area contributed by atoms with Gasteiger partial charge in [0.05, 0.1) is 32.0 Å². The Bertz CT molecular complexity index is 917. The van der Waals surface area contributed by atoms with E-state index in [1.165, 1.54) is 16.0 Å². The van der Waals surface area contributed by atoms with E-state index in [9.17, 15) is 0 Å². The summed E-state index contributed by atoms with van der Waals surface area (Å²) < 4.78 is 19.2. The Labute approximate surface area is 196 Å². The Morgan fingerprint density at radius 3 is 1.91 bits per heavy atom. The van der Waals surface area contributed by atoms with Crippen LogP contribution in [0.2, 0.25) is 0 Å². The molecule has 1 heterocycles. The lowest BCUT2D eigenvalue weighted by atomic mass is 9.84. The van der Waals surface area contributed by atoms with Crippen molar-refractivity contribution in [1.82, 2.24) is 0 Å². The Morgan fingerprint density at radius 1 is 0.719 bits per heavy atom. The van der Waals surface area contributed by atoms with Gasteiger partial charge in [0.1, 0.15) is 5.44 Å². The van der Waals surface area contributed by atoms with Crippen LogP contribution in [0.25, 0.3) is 0 Å². The van der Waals surface area contributed by atoms with Crippen LogP contribution < -0.4 is 0 Å². The molecular formula is C28H32O3S. The van der Waals surface area contributed by atoms with Crippen LogP contribution in [-0.2, 0) is 27.4 Å². The fourth-order valence-corrected chi connectivity index (χ4v) is 5.28. The second kappa shape index (κ2) is 11.7. The predicted octanol–water partition coefficient (Wildman–Crippen LogP) is 6.58. The van der Waals surface area contributed by atoms with E-state index in [-0.39, 0.29) is 17.6 Å². The van der Waals surface area contributed by atoms with Crippen molar-refractivity contribution in [3.8, 4) is 0 Å². The summed E-state index contributed by atoms with van der Waals surface area (Å²) >= 11 is 1.74. The van der Waals surface area contributed by atoms with Crippen molar-refractivity contribution in [1.29, 1.82) is 0 Å². The molecule has 3 aromatic rings. The molecule has 0 radical (unpaired) electrons. The minimum atomic E-state index is -0.0855. The van der Waals surface area contributed by atoms with Gasteiger partial charge in [-0.25, -0.2) is 0 Å². The van der Waals surface area contributed by atoms with Crippen molar-refractivity contribution >= 4 is 11.8 Å². The average molecular weight is 449 g/mol. The second-order valence-corrected chi connectivity index (χ2v) is 9.63. The van der Waals surface area contributed by atoms with E-state index in [1.54, 1.807) is 11.8 Å². The quantitative estimate of drug-likeness (QED) is 0.370. The molecule has 0 aliphatic carbocycles. The third kappa shape index (κ3) is 6.23. The topological polar surface area (TPSA) is 27.7 Å². The Hall–Kier alpha value is -2.11. The Morgan fingerprint density at radius 2 is 1.28 bits per heavy atom. The molecule has 0 amide bonds. The monoisotopic (exact) mass is 448 g/mol. The summed E-state index contributed by atoms with van der Waals surface area (Å²) in [6, 6.07) is 31.1. The molecule has 2 unspecified atom stereocenters. The summed E-state index contributed by atoms with van der Waals surface area (Å²) in [6.07, 6.45) is 0.0345. The number of hydrogen-bond donors (Lipinski definition) is 0. The van der Waals surface area contributed by atoms with Crippen LogP contribution in [0.4, 0.5) is 0 Å². The summed E-state index contributed by atoms with van der Waals surface area (Å²) in [6.45, 7) is 6.31. The molecule has 0 saturated carbocycles. The van der Waals surface area contributed by atoms with Crippen molar-refractivity contribution in [2.75, 3.05) is 6.61 Å². The SMILES string of the molecule is C[C@@H]1C(COCc2ccccc2)O[C@@H](Sc2ccccc2)C(OCc2ccccc2)[C@H]1C. The van der Waals surface area contributed by atoms with Gasteiger partial charge in [-0.2, -0.15) is 0 Å². The fraction of sp³-hybridized carbons (Fsp3) is 0.357. The first-order valence-corrected chi connectivity index (χ1v) is 12.2. The highest BCUT2D eigenvalue weighted by molar-refractivity contribution is 7.99. The molecule has 168 valence electrons. The van der Waals surface area contributed by atoms with E-state index >= 15 is 0 Å². The van der Waals surface area contributed by atoms with Crippen LogP contribution in [0.3, 0.4) is 0 Å². The average Bonchev–Trinajstić information content (AvgIpc) is 2.84. The number of hydrogen-bond acceptors (Lipinski definition) is 4. The van der Waals surface area contributed by atoms with Crippen molar-refractivity contribution < 1.29 is 14.2 Å². The molecule has 32 heavy (non-hydrogen) atoms. The lowest BCUT2D eigenvalue weighted by Gasteiger charge is -2.44. The summed E-state index contributed by atoms with van der Waals surface area (Å²) in [4.78, 5) is 1.19. The van der Waals surface area contributed by atoms with Gasteiger partial charge in [-0.3, -0.25) is 0 Å². The molecule has 1 aliphatic rings. The molecule has 3 nitrogen and oxygen atoms in total. The molecular weight excluding hydrogens is 416 g/mol. The Balaban J connectivity index is 1.43. The van der Waals surface area contributed by atoms with Gasteiger partial charge in [0, 0.05) is 4.90 Å². The van der Waals surface area contributed by atoms with Gasteiger partial charge < -0.3 is 14.2 Å². The maximum Gasteiger partial charge on any atom is 0.134 e. The van der Waals surface area contributed by atoms with Crippen LogP contribution in [0, 0.1) is 11.8 Å². The highest BCUT2D eigenvalue weighted by atomic mass is 32.2. The molecule has 5 atom stereocenters. The molecule has 4 heteroatoms. The summed E-state index contributed by atoms with van der Waals surface area (Å²) in [5.74, 6) is 0.679. The molecule has 1 saturated heterocycles. The van der Waals surface area contributed by atoms with Crippen LogP contribution in [0.1, 0.15) is 25.0 Å². The molecule has 0 spiro atoms. The standard InChI is InChI=1S/C28H32O3S/c1-21-22(2)27(30-19-24-14-8-4-9-15-24)28(32-25-16-10-5-11-17-25)31-26(21)20-29-18-23-12-6-3-7-13-23/h3-17,21-22,26-28H,18-20H2,1-2H3/t21-,22-,26?,27?,28-/m0/s1. The molecule has 0 N–H and O–H groups in total. The largest absolute Gasteiger partial charge is 0.374 e.